The molecule has 2 aliphatic rings. The average Bonchev–Trinajstić information content (AvgIpc) is 3.36. The molecule has 1 aliphatic carbocycles. The van der Waals surface area contributed by atoms with Gasteiger partial charge in [-0.15, -0.1) is 5.10 Å². The maximum absolute atomic E-state index is 5.80. The molecule has 0 spiro atoms. The van der Waals surface area contributed by atoms with Crippen LogP contribution in [-0.2, 0) is 13.2 Å². The van der Waals surface area contributed by atoms with E-state index in [1.807, 2.05) is 18.5 Å². The van der Waals surface area contributed by atoms with Crippen molar-refractivity contribution in [2.45, 2.75) is 65.2 Å². The number of aromatic nitrogens is 4. The van der Waals surface area contributed by atoms with Crippen LogP contribution in [0.25, 0.3) is 0 Å². The summed E-state index contributed by atoms with van der Waals surface area (Å²) in [5.74, 6) is 1.96. The summed E-state index contributed by atoms with van der Waals surface area (Å²) in [6, 6.07) is 0.543. The third-order valence-corrected chi connectivity index (χ3v) is 5.80. The molecule has 0 bridgehead atoms. The zero-order valence-corrected chi connectivity index (χ0v) is 16.8. The van der Waals surface area contributed by atoms with E-state index < -0.39 is 0 Å². The van der Waals surface area contributed by atoms with Gasteiger partial charge in [0.15, 0.2) is 0 Å². The zero-order chi connectivity index (χ0) is 18.3. The second kappa shape index (κ2) is 7.15. The van der Waals surface area contributed by atoms with E-state index in [0.29, 0.717) is 12.7 Å². The molecule has 1 saturated heterocycles. The van der Waals surface area contributed by atoms with E-state index in [4.69, 9.17) is 21.8 Å². The standard InChI is InChI=1S/C18H28N6OS/c1-13-16(14(2)25-20-13)11-21(3)12-23-18(26)24(15-7-8-15)17(19-23)22-9-5-4-6-10-22/h15H,4-12H2,1-3H3. The maximum Gasteiger partial charge on any atom is 0.226 e. The topological polar surface area (TPSA) is 55.3 Å². The zero-order valence-electron chi connectivity index (χ0n) is 15.9. The van der Waals surface area contributed by atoms with E-state index in [1.165, 1.54) is 32.1 Å². The summed E-state index contributed by atoms with van der Waals surface area (Å²) >= 11 is 5.80. The van der Waals surface area contributed by atoms with Crippen LogP contribution in [-0.4, -0.2) is 44.5 Å². The Hall–Kier alpha value is -1.67. The van der Waals surface area contributed by atoms with Crippen LogP contribution in [0, 0.1) is 18.6 Å². The molecule has 0 unspecified atom stereocenters. The number of rotatable bonds is 6. The Bertz CT molecular complexity index is 808. The lowest BCUT2D eigenvalue weighted by Gasteiger charge is -2.27. The van der Waals surface area contributed by atoms with E-state index in [-0.39, 0.29) is 0 Å². The maximum atomic E-state index is 5.80. The fourth-order valence-electron chi connectivity index (χ4n) is 3.74. The lowest BCUT2D eigenvalue weighted by molar-refractivity contribution is 0.242. The van der Waals surface area contributed by atoms with Crippen LogP contribution in [0.4, 0.5) is 5.95 Å². The van der Waals surface area contributed by atoms with Crippen LogP contribution >= 0.6 is 12.2 Å². The quantitative estimate of drug-likeness (QED) is 0.720. The summed E-state index contributed by atoms with van der Waals surface area (Å²) in [4.78, 5) is 4.63. The van der Waals surface area contributed by atoms with Gasteiger partial charge in [-0.3, -0.25) is 9.47 Å². The Balaban J connectivity index is 1.55. The van der Waals surface area contributed by atoms with E-state index in [2.05, 4.69) is 26.6 Å². The number of aryl methyl sites for hydroxylation is 2. The first-order chi connectivity index (χ1) is 12.5. The summed E-state index contributed by atoms with van der Waals surface area (Å²) in [6.07, 6.45) is 6.25. The molecule has 0 N–H and O–H groups in total. The van der Waals surface area contributed by atoms with Crippen molar-refractivity contribution < 1.29 is 4.52 Å². The van der Waals surface area contributed by atoms with Gasteiger partial charge in [-0.25, -0.2) is 4.68 Å². The monoisotopic (exact) mass is 376 g/mol. The molecular weight excluding hydrogens is 348 g/mol. The van der Waals surface area contributed by atoms with Gasteiger partial charge in [0.25, 0.3) is 0 Å². The van der Waals surface area contributed by atoms with Crippen LogP contribution in [0.15, 0.2) is 4.52 Å². The van der Waals surface area contributed by atoms with Gasteiger partial charge in [0, 0.05) is 31.2 Å². The van der Waals surface area contributed by atoms with Gasteiger partial charge in [-0.05, 0) is 65.2 Å². The lowest BCUT2D eigenvalue weighted by Crippen LogP contribution is -2.32. The Morgan fingerprint density at radius 1 is 1.19 bits per heavy atom. The first-order valence-electron chi connectivity index (χ1n) is 9.59. The average molecular weight is 377 g/mol. The van der Waals surface area contributed by atoms with Crippen LogP contribution in [0.2, 0.25) is 0 Å². The molecule has 0 amide bonds. The van der Waals surface area contributed by atoms with Crippen LogP contribution in [0.1, 0.15) is 55.2 Å². The van der Waals surface area contributed by atoms with E-state index in [9.17, 15) is 0 Å². The van der Waals surface area contributed by atoms with Gasteiger partial charge in [-0.1, -0.05) is 5.16 Å². The number of hydrogen-bond acceptors (Lipinski definition) is 6. The predicted octanol–water partition coefficient (Wildman–Crippen LogP) is 3.43. The largest absolute Gasteiger partial charge is 0.361 e. The number of hydrogen-bond donors (Lipinski definition) is 0. The summed E-state index contributed by atoms with van der Waals surface area (Å²) in [5, 5.41) is 8.98. The second-order valence-electron chi connectivity index (χ2n) is 7.69. The first-order valence-corrected chi connectivity index (χ1v) is 10.00. The van der Waals surface area contributed by atoms with Crippen molar-refractivity contribution in [2.24, 2.45) is 0 Å². The lowest BCUT2D eigenvalue weighted by atomic mass is 10.1. The highest BCUT2D eigenvalue weighted by atomic mass is 32.1. The fraction of sp³-hybridized carbons (Fsp3) is 0.722. The van der Waals surface area contributed by atoms with Crippen molar-refractivity contribution >= 4 is 18.2 Å². The molecule has 26 heavy (non-hydrogen) atoms. The van der Waals surface area contributed by atoms with Crippen LogP contribution in [0.5, 0.6) is 0 Å². The van der Waals surface area contributed by atoms with E-state index in [0.717, 1.165) is 47.4 Å². The summed E-state index contributed by atoms with van der Waals surface area (Å²) < 4.78 is 10.4. The molecule has 0 aromatic carbocycles. The fourth-order valence-corrected chi connectivity index (χ4v) is 4.07. The molecule has 0 atom stereocenters. The van der Waals surface area contributed by atoms with Gasteiger partial charge >= 0.3 is 0 Å². The minimum Gasteiger partial charge on any atom is -0.361 e. The van der Waals surface area contributed by atoms with Crippen molar-refractivity contribution in [3.63, 3.8) is 0 Å². The van der Waals surface area contributed by atoms with Crippen LogP contribution in [0.3, 0.4) is 0 Å². The third-order valence-electron chi connectivity index (χ3n) is 5.39. The molecule has 3 heterocycles. The molecule has 142 valence electrons. The summed E-state index contributed by atoms with van der Waals surface area (Å²) in [6.45, 7) is 7.58. The molecule has 7 nitrogen and oxygen atoms in total. The Morgan fingerprint density at radius 2 is 1.92 bits per heavy atom. The highest BCUT2D eigenvalue weighted by Crippen LogP contribution is 2.38. The van der Waals surface area contributed by atoms with Gasteiger partial charge in [0.05, 0.1) is 12.4 Å². The third kappa shape index (κ3) is 3.44. The van der Waals surface area contributed by atoms with Crippen molar-refractivity contribution in [3.05, 3.63) is 21.8 Å². The second-order valence-corrected chi connectivity index (χ2v) is 8.05. The van der Waals surface area contributed by atoms with E-state index in [1.54, 1.807) is 0 Å². The molecule has 4 rings (SSSR count). The van der Waals surface area contributed by atoms with Crippen molar-refractivity contribution in [3.8, 4) is 0 Å². The molecule has 2 aromatic heterocycles. The van der Waals surface area contributed by atoms with Gasteiger partial charge in [0.1, 0.15) is 5.76 Å². The van der Waals surface area contributed by atoms with Crippen LogP contribution < -0.4 is 4.90 Å². The molecule has 2 fully saturated rings. The van der Waals surface area contributed by atoms with Gasteiger partial charge in [0.2, 0.25) is 10.7 Å². The molecule has 0 radical (unpaired) electrons. The molecule has 2 aromatic rings. The number of nitrogens with zero attached hydrogens (tertiary/aromatic N) is 6. The van der Waals surface area contributed by atoms with Gasteiger partial charge < -0.3 is 9.42 Å². The number of piperidine rings is 1. The molecular formula is C18H28N6OS. The molecule has 1 aliphatic heterocycles. The summed E-state index contributed by atoms with van der Waals surface area (Å²) in [7, 11) is 2.09. The van der Waals surface area contributed by atoms with Crippen molar-refractivity contribution in [1.82, 2.24) is 24.4 Å². The smallest absolute Gasteiger partial charge is 0.226 e. The Kier molecular flexibility index (Phi) is 4.88. The highest BCUT2D eigenvalue weighted by molar-refractivity contribution is 7.71. The first kappa shape index (κ1) is 17.7. The SMILES string of the molecule is Cc1noc(C)c1CN(C)Cn1nc(N2CCCCC2)n(C2CC2)c1=S. The van der Waals surface area contributed by atoms with Crippen molar-refractivity contribution in [2.75, 3.05) is 25.0 Å². The minimum atomic E-state index is 0.543. The Morgan fingerprint density at radius 3 is 2.54 bits per heavy atom. The number of anilines is 1. The minimum absolute atomic E-state index is 0.543. The molecule has 8 heteroatoms. The normalized spacial score (nSPS) is 18.1. The Labute approximate surface area is 159 Å². The summed E-state index contributed by atoms with van der Waals surface area (Å²) in [5.41, 5.74) is 2.10. The van der Waals surface area contributed by atoms with E-state index >= 15 is 0 Å². The predicted molar refractivity (Wildman–Crippen MR) is 103 cm³/mol. The van der Waals surface area contributed by atoms with Gasteiger partial charge in [-0.2, -0.15) is 0 Å². The highest BCUT2D eigenvalue weighted by Gasteiger charge is 2.31. The van der Waals surface area contributed by atoms with Crippen molar-refractivity contribution in [1.29, 1.82) is 0 Å². The molecule has 1 saturated carbocycles.